The summed E-state index contributed by atoms with van der Waals surface area (Å²) >= 11 is 0. The molecule has 0 atom stereocenters. The van der Waals surface area contributed by atoms with Gasteiger partial charge in [-0.2, -0.15) is 0 Å². The number of aryl methyl sites for hydroxylation is 1. The number of hydrogen-bond donors (Lipinski definition) is 0. The fourth-order valence-corrected chi connectivity index (χ4v) is 1.26. The molecule has 0 amide bonds. The second-order valence-electron chi connectivity index (χ2n) is 3.02. The Labute approximate surface area is 77.2 Å². The van der Waals surface area contributed by atoms with Crippen LogP contribution < -0.4 is 4.74 Å². The molecule has 0 aromatic heterocycles. The highest BCUT2D eigenvalue weighted by Gasteiger charge is 1.90. The van der Waals surface area contributed by atoms with Crippen molar-refractivity contribution in [3.63, 3.8) is 0 Å². The number of ether oxygens (including phenoxy) is 1. The van der Waals surface area contributed by atoms with E-state index in [1.165, 1.54) is 28.3 Å². The van der Waals surface area contributed by atoms with E-state index < -0.39 is 0 Å². The zero-order valence-electron chi connectivity index (χ0n) is 7.84. The predicted octanol–water partition coefficient (Wildman–Crippen LogP) is 1.55. The summed E-state index contributed by atoms with van der Waals surface area (Å²) in [6.45, 7) is 2.95. The van der Waals surface area contributed by atoms with Gasteiger partial charge in [-0.15, -0.1) is 0 Å². The zero-order valence-corrected chi connectivity index (χ0v) is 9.84. The van der Waals surface area contributed by atoms with Crippen LogP contribution in [0.3, 0.4) is 0 Å². The van der Waals surface area contributed by atoms with Gasteiger partial charge in [-0.3, -0.25) is 0 Å². The Morgan fingerprint density at radius 3 is 2.50 bits per heavy atom. The second kappa shape index (κ2) is 4.98. The first-order chi connectivity index (χ1) is 5.83. The van der Waals surface area contributed by atoms with Crippen molar-refractivity contribution in [2.24, 2.45) is 0 Å². The van der Waals surface area contributed by atoms with E-state index in [4.69, 9.17) is 4.74 Å². The number of benzene rings is 1. The first-order valence-corrected chi connectivity index (χ1v) is 5.94. The normalized spacial score (nSPS) is 10.1. The predicted molar refractivity (Wildman–Crippen MR) is 56.0 cm³/mol. The summed E-state index contributed by atoms with van der Waals surface area (Å²) in [7, 11) is 1.28. The molecule has 0 aliphatic rings. The SMILES string of the molecule is Cc1ccc(OCCC[SiH3])cc1. The lowest BCUT2D eigenvalue weighted by Gasteiger charge is -2.04. The van der Waals surface area contributed by atoms with Gasteiger partial charge in [-0.25, -0.2) is 0 Å². The van der Waals surface area contributed by atoms with Crippen LogP contribution in [0.5, 0.6) is 5.75 Å². The monoisotopic (exact) mass is 180 g/mol. The first kappa shape index (κ1) is 9.33. The van der Waals surface area contributed by atoms with E-state index in [-0.39, 0.29) is 0 Å². The molecule has 0 unspecified atom stereocenters. The molecule has 0 saturated carbocycles. The highest BCUT2D eigenvalue weighted by Crippen LogP contribution is 2.11. The van der Waals surface area contributed by atoms with Gasteiger partial charge in [0.25, 0.3) is 0 Å². The summed E-state index contributed by atoms with van der Waals surface area (Å²) in [5.74, 6) is 0.996. The Morgan fingerprint density at radius 2 is 1.92 bits per heavy atom. The molecule has 0 bridgehead atoms. The Hall–Kier alpha value is -0.763. The van der Waals surface area contributed by atoms with Crippen LogP contribution in [0.25, 0.3) is 0 Å². The van der Waals surface area contributed by atoms with Gasteiger partial charge >= 0.3 is 0 Å². The van der Waals surface area contributed by atoms with Crippen LogP contribution in [0.4, 0.5) is 0 Å². The van der Waals surface area contributed by atoms with E-state index in [0.717, 1.165) is 12.4 Å². The van der Waals surface area contributed by atoms with Crippen LogP contribution in [-0.4, -0.2) is 16.8 Å². The average molecular weight is 180 g/mol. The Bertz CT molecular complexity index is 218. The fourth-order valence-electron chi connectivity index (χ4n) is 0.969. The molecule has 0 aliphatic heterocycles. The molecule has 1 nitrogen and oxygen atoms in total. The number of rotatable bonds is 4. The smallest absolute Gasteiger partial charge is 0.119 e. The van der Waals surface area contributed by atoms with E-state index in [9.17, 15) is 0 Å². The second-order valence-corrected chi connectivity index (χ2v) is 4.02. The van der Waals surface area contributed by atoms with Gasteiger partial charge in [0.2, 0.25) is 0 Å². The van der Waals surface area contributed by atoms with Crippen molar-refractivity contribution in [1.29, 1.82) is 0 Å². The third kappa shape index (κ3) is 3.09. The molecule has 12 heavy (non-hydrogen) atoms. The molecule has 2 heteroatoms. The molecule has 0 aliphatic carbocycles. The van der Waals surface area contributed by atoms with Gasteiger partial charge in [0.15, 0.2) is 0 Å². The van der Waals surface area contributed by atoms with Crippen LogP contribution in [-0.2, 0) is 0 Å². The van der Waals surface area contributed by atoms with E-state index in [1.807, 2.05) is 12.1 Å². The third-order valence-corrected chi connectivity index (χ3v) is 2.49. The standard InChI is InChI=1S/C10H16OSi/c1-9-3-5-10(6-4-9)11-7-2-8-12/h3-6H,2,7-8H2,1,12H3. The van der Waals surface area contributed by atoms with Crippen molar-refractivity contribution in [3.05, 3.63) is 29.8 Å². The maximum absolute atomic E-state index is 5.52. The van der Waals surface area contributed by atoms with Crippen LogP contribution in [0.15, 0.2) is 24.3 Å². The lowest BCUT2D eigenvalue weighted by atomic mass is 10.2. The Balaban J connectivity index is 2.37. The third-order valence-electron chi connectivity index (χ3n) is 1.79. The Morgan fingerprint density at radius 1 is 1.25 bits per heavy atom. The van der Waals surface area contributed by atoms with E-state index >= 15 is 0 Å². The van der Waals surface area contributed by atoms with E-state index in [2.05, 4.69) is 19.1 Å². The largest absolute Gasteiger partial charge is 0.494 e. The van der Waals surface area contributed by atoms with Crippen molar-refractivity contribution in [2.75, 3.05) is 6.61 Å². The van der Waals surface area contributed by atoms with Gasteiger partial charge in [-0.05, 0) is 25.5 Å². The summed E-state index contributed by atoms with van der Waals surface area (Å²) < 4.78 is 5.52. The summed E-state index contributed by atoms with van der Waals surface area (Å²) in [6, 6.07) is 9.54. The highest BCUT2D eigenvalue weighted by molar-refractivity contribution is 6.08. The van der Waals surface area contributed by atoms with Crippen molar-refractivity contribution in [2.45, 2.75) is 19.4 Å². The molecular weight excluding hydrogens is 164 g/mol. The minimum absolute atomic E-state index is 0.868. The van der Waals surface area contributed by atoms with Crippen molar-refractivity contribution in [1.82, 2.24) is 0 Å². The summed E-state index contributed by atoms with van der Waals surface area (Å²) in [5.41, 5.74) is 1.28. The topological polar surface area (TPSA) is 9.23 Å². The fraction of sp³-hybridized carbons (Fsp3) is 0.400. The lowest BCUT2D eigenvalue weighted by molar-refractivity contribution is 0.317. The maximum atomic E-state index is 5.52. The summed E-state index contributed by atoms with van der Waals surface area (Å²) in [6.07, 6.45) is 1.19. The molecule has 1 rings (SSSR count). The molecule has 0 N–H and O–H groups in total. The average Bonchev–Trinajstić information content (AvgIpc) is 2.09. The lowest BCUT2D eigenvalue weighted by Crippen LogP contribution is -1.96. The molecule has 0 spiro atoms. The van der Waals surface area contributed by atoms with Crippen LogP contribution >= 0.6 is 0 Å². The van der Waals surface area contributed by atoms with Gasteiger partial charge in [0, 0.05) is 10.2 Å². The van der Waals surface area contributed by atoms with Gasteiger partial charge < -0.3 is 4.74 Å². The summed E-state index contributed by atoms with van der Waals surface area (Å²) in [5, 5.41) is 0. The molecule has 0 fully saturated rings. The van der Waals surface area contributed by atoms with E-state index in [0.29, 0.717) is 0 Å². The van der Waals surface area contributed by atoms with Gasteiger partial charge in [-0.1, -0.05) is 23.7 Å². The summed E-state index contributed by atoms with van der Waals surface area (Å²) in [4.78, 5) is 0. The van der Waals surface area contributed by atoms with Crippen LogP contribution in [0.1, 0.15) is 12.0 Å². The molecule has 0 heterocycles. The number of hydrogen-bond acceptors (Lipinski definition) is 1. The van der Waals surface area contributed by atoms with Crippen LogP contribution in [0.2, 0.25) is 6.04 Å². The van der Waals surface area contributed by atoms with Crippen molar-refractivity contribution >= 4 is 10.2 Å². The minimum atomic E-state index is 0.868. The molecule has 1 aromatic rings. The molecule has 1 aromatic carbocycles. The van der Waals surface area contributed by atoms with Gasteiger partial charge in [0.05, 0.1) is 6.61 Å². The molecular formula is C10H16OSi. The van der Waals surface area contributed by atoms with E-state index in [1.54, 1.807) is 0 Å². The Kier molecular flexibility index (Phi) is 3.87. The quantitative estimate of drug-likeness (QED) is 0.504. The first-order valence-electron chi connectivity index (χ1n) is 4.52. The molecule has 0 radical (unpaired) electrons. The maximum Gasteiger partial charge on any atom is 0.119 e. The van der Waals surface area contributed by atoms with Gasteiger partial charge in [0.1, 0.15) is 5.75 Å². The van der Waals surface area contributed by atoms with Crippen LogP contribution in [0, 0.1) is 6.92 Å². The van der Waals surface area contributed by atoms with Crippen molar-refractivity contribution in [3.8, 4) is 5.75 Å². The highest BCUT2D eigenvalue weighted by atomic mass is 28.1. The molecule has 0 saturated heterocycles. The van der Waals surface area contributed by atoms with Crippen molar-refractivity contribution < 1.29 is 4.74 Å². The zero-order chi connectivity index (χ0) is 8.81. The minimum Gasteiger partial charge on any atom is -0.494 e. The molecule has 66 valence electrons.